The summed E-state index contributed by atoms with van der Waals surface area (Å²) in [7, 11) is 4.16. The van der Waals surface area contributed by atoms with E-state index in [1.807, 2.05) is 0 Å². The first-order valence-electron chi connectivity index (χ1n) is 6.71. The van der Waals surface area contributed by atoms with Crippen LogP contribution in [-0.4, -0.2) is 31.6 Å². The molecule has 1 atom stereocenters. The average molecular weight is 287 g/mol. The molecule has 0 bridgehead atoms. The Labute approximate surface area is 120 Å². The van der Waals surface area contributed by atoms with Crippen LogP contribution < -0.4 is 5.32 Å². The number of halogens is 2. The van der Waals surface area contributed by atoms with Crippen LogP contribution in [0.15, 0.2) is 18.2 Å². The van der Waals surface area contributed by atoms with E-state index in [-0.39, 0.29) is 5.82 Å². The normalized spacial score (nSPS) is 13.3. The maximum atomic E-state index is 13.6. The highest BCUT2D eigenvalue weighted by molar-refractivity contribution is 6.30. The van der Waals surface area contributed by atoms with Crippen molar-refractivity contribution in [3.05, 3.63) is 34.6 Å². The third kappa shape index (κ3) is 5.89. The third-order valence-corrected chi connectivity index (χ3v) is 3.42. The van der Waals surface area contributed by atoms with Gasteiger partial charge in [0.1, 0.15) is 5.82 Å². The van der Waals surface area contributed by atoms with E-state index in [0.29, 0.717) is 29.1 Å². The predicted octanol–water partition coefficient (Wildman–Crippen LogP) is 3.55. The van der Waals surface area contributed by atoms with Gasteiger partial charge >= 0.3 is 0 Å². The summed E-state index contributed by atoms with van der Waals surface area (Å²) in [5.74, 6) is 0.409. The van der Waals surface area contributed by atoms with Gasteiger partial charge in [-0.05, 0) is 38.6 Å². The molecule has 1 aromatic carbocycles. The Kier molecular flexibility index (Phi) is 6.76. The second-order valence-electron chi connectivity index (χ2n) is 5.61. The summed E-state index contributed by atoms with van der Waals surface area (Å²) < 4.78 is 13.6. The van der Waals surface area contributed by atoms with Crippen LogP contribution in [-0.2, 0) is 6.54 Å². The highest BCUT2D eigenvalue weighted by Crippen LogP contribution is 2.14. The van der Waals surface area contributed by atoms with E-state index in [4.69, 9.17) is 11.6 Å². The Balaban J connectivity index is 2.47. The Morgan fingerprint density at radius 1 is 1.32 bits per heavy atom. The molecule has 0 aliphatic heterocycles. The van der Waals surface area contributed by atoms with Gasteiger partial charge in [0.05, 0.1) is 0 Å². The van der Waals surface area contributed by atoms with Crippen molar-refractivity contribution in [2.24, 2.45) is 5.92 Å². The second-order valence-corrected chi connectivity index (χ2v) is 6.05. The fraction of sp³-hybridized carbons (Fsp3) is 0.600. The van der Waals surface area contributed by atoms with Gasteiger partial charge in [-0.25, -0.2) is 4.39 Å². The molecule has 108 valence electrons. The lowest BCUT2D eigenvalue weighted by Crippen LogP contribution is -2.38. The molecule has 1 aromatic rings. The molecule has 0 heterocycles. The highest BCUT2D eigenvalue weighted by atomic mass is 35.5. The van der Waals surface area contributed by atoms with Crippen molar-refractivity contribution in [2.75, 3.05) is 20.6 Å². The molecule has 0 saturated heterocycles. The lowest BCUT2D eigenvalue weighted by molar-refractivity contribution is 0.246. The fourth-order valence-corrected chi connectivity index (χ4v) is 2.22. The zero-order chi connectivity index (χ0) is 14.4. The summed E-state index contributed by atoms with van der Waals surface area (Å²) in [6, 6.07) is 5.28. The first kappa shape index (κ1) is 16.4. The van der Waals surface area contributed by atoms with Crippen molar-refractivity contribution in [3.8, 4) is 0 Å². The van der Waals surface area contributed by atoms with Gasteiger partial charge in [0.2, 0.25) is 0 Å². The number of rotatable bonds is 7. The smallest absolute Gasteiger partial charge is 0.129 e. The average Bonchev–Trinajstić information content (AvgIpc) is 2.29. The van der Waals surface area contributed by atoms with Crippen LogP contribution in [0.2, 0.25) is 5.02 Å². The number of hydrogen-bond donors (Lipinski definition) is 1. The van der Waals surface area contributed by atoms with E-state index in [2.05, 4.69) is 38.2 Å². The van der Waals surface area contributed by atoms with Crippen molar-refractivity contribution in [1.29, 1.82) is 0 Å². The number of benzene rings is 1. The lowest BCUT2D eigenvalue weighted by atomic mass is 10.0. The van der Waals surface area contributed by atoms with Gasteiger partial charge in [-0.1, -0.05) is 31.5 Å². The van der Waals surface area contributed by atoms with Gasteiger partial charge in [0, 0.05) is 29.7 Å². The SMILES string of the molecule is CC(C)CC(CNCc1ccc(Cl)cc1F)N(C)C. The van der Waals surface area contributed by atoms with E-state index < -0.39 is 0 Å². The lowest BCUT2D eigenvalue weighted by Gasteiger charge is -2.26. The Morgan fingerprint density at radius 2 is 2.00 bits per heavy atom. The van der Waals surface area contributed by atoms with Crippen molar-refractivity contribution < 1.29 is 4.39 Å². The zero-order valence-electron chi connectivity index (χ0n) is 12.2. The summed E-state index contributed by atoms with van der Waals surface area (Å²) >= 11 is 5.73. The molecule has 2 nitrogen and oxygen atoms in total. The molecule has 1 rings (SSSR count). The van der Waals surface area contributed by atoms with Crippen molar-refractivity contribution >= 4 is 11.6 Å². The molecule has 0 radical (unpaired) electrons. The van der Waals surface area contributed by atoms with Gasteiger partial charge in [-0.3, -0.25) is 0 Å². The molecular weight excluding hydrogens is 263 g/mol. The molecule has 19 heavy (non-hydrogen) atoms. The summed E-state index contributed by atoms with van der Waals surface area (Å²) in [6.45, 7) is 5.82. The van der Waals surface area contributed by atoms with Gasteiger partial charge in [-0.15, -0.1) is 0 Å². The van der Waals surface area contributed by atoms with Crippen LogP contribution in [0.1, 0.15) is 25.8 Å². The Morgan fingerprint density at radius 3 is 2.53 bits per heavy atom. The molecule has 1 unspecified atom stereocenters. The minimum absolute atomic E-state index is 0.245. The van der Waals surface area contributed by atoms with Gasteiger partial charge < -0.3 is 10.2 Å². The molecule has 0 aliphatic carbocycles. The highest BCUT2D eigenvalue weighted by Gasteiger charge is 2.13. The van der Waals surface area contributed by atoms with Crippen LogP contribution in [0.5, 0.6) is 0 Å². The van der Waals surface area contributed by atoms with Crippen molar-refractivity contribution in [1.82, 2.24) is 10.2 Å². The second kappa shape index (κ2) is 7.83. The summed E-state index contributed by atoms with van der Waals surface area (Å²) in [5, 5.41) is 3.76. The minimum atomic E-state index is -0.245. The fourth-order valence-electron chi connectivity index (χ4n) is 2.06. The largest absolute Gasteiger partial charge is 0.311 e. The maximum absolute atomic E-state index is 13.6. The molecule has 0 fully saturated rings. The zero-order valence-corrected chi connectivity index (χ0v) is 13.0. The van der Waals surface area contributed by atoms with Crippen molar-refractivity contribution in [2.45, 2.75) is 32.9 Å². The van der Waals surface area contributed by atoms with E-state index in [1.165, 1.54) is 6.07 Å². The van der Waals surface area contributed by atoms with E-state index in [0.717, 1.165) is 13.0 Å². The van der Waals surface area contributed by atoms with Crippen LogP contribution >= 0.6 is 11.6 Å². The first-order chi connectivity index (χ1) is 8.90. The number of nitrogens with one attached hydrogen (secondary N) is 1. The maximum Gasteiger partial charge on any atom is 0.129 e. The summed E-state index contributed by atoms with van der Waals surface area (Å²) in [5.41, 5.74) is 0.659. The molecule has 0 aromatic heterocycles. The number of likely N-dealkylation sites (N-methyl/N-ethyl adjacent to an activating group) is 1. The van der Waals surface area contributed by atoms with Gasteiger partial charge in [0.25, 0.3) is 0 Å². The monoisotopic (exact) mass is 286 g/mol. The van der Waals surface area contributed by atoms with Gasteiger partial charge in [-0.2, -0.15) is 0 Å². The van der Waals surface area contributed by atoms with Crippen LogP contribution in [0.25, 0.3) is 0 Å². The van der Waals surface area contributed by atoms with Crippen LogP contribution in [0.4, 0.5) is 4.39 Å². The number of nitrogens with zero attached hydrogens (tertiary/aromatic N) is 1. The molecule has 0 saturated carbocycles. The summed E-state index contributed by atoms with van der Waals surface area (Å²) in [6.07, 6.45) is 1.13. The van der Waals surface area contributed by atoms with E-state index in [9.17, 15) is 4.39 Å². The molecule has 0 spiro atoms. The predicted molar refractivity (Wildman–Crippen MR) is 80.0 cm³/mol. The number of hydrogen-bond acceptors (Lipinski definition) is 2. The molecule has 0 amide bonds. The van der Waals surface area contributed by atoms with E-state index in [1.54, 1.807) is 12.1 Å². The molecular formula is C15H24ClFN2. The first-order valence-corrected chi connectivity index (χ1v) is 7.09. The van der Waals surface area contributed by atoms with Gasteiger partial charge in [0.15, 0.2) is 0 Å². The Hall–Kier alpha value is -0.640. The Bertz CT molecular complexity index is 394. The quantitative estimate of drug-likeness (QED) is 0.825. The molecule has 4 heteroatoms. The molecule has 0 aliphatic rings. The van der Waals surface area contributed by atoms with Crippen LogP contribution in [0, 0.1) is 11.7 Å². The minimum Gasteiger partial charge on any atom is -0.311 e. The van der Waals surface area contributed by atoms with Crippen molar-refractivity contribution in [3.63, 3.8) is 0 Å². The van der Waals surface area contributed by atoms with Crippen LogP contribution in [0.3, 0.4) is 0 Å². The third-order valence-electron chi connectivity index (χ3n) is 3.18. The molecule has 1 N–H and O–H groups in total. The summed E-state index contributed by atoms with van der Waals surface area (Å²) in [4.78, 5) is 2.21. The topological polar surface area (TPSA) is 15.3 Å². The standard InChI is InChI=1S/C15H24ClFN2/c1-11(2)7-14(19(3)4)10-18-9-12-5-6-13(16)8-15(12)17/h5-6,8,11,14,18H,7,9-10H2,1-4H3. The van der Waals surface area contributed by atoms with E-state index >= 15 is 0 Å².